The largest absolute Gasteiger partial charge is 0.497 e. The van der Waals surface area contributed by atoms with E-state index in [0.717, 1.165) is 5.56 Å². The van der Waals surface area contributed by atoms with Crippen LogP contribution in [0.25, 0.3) is 0 Å². The van der Waals surface area contributed by atoms with Gasteiger partial charge in [-0.1, -0.05) is 12.1 Å². The zero-order chi connectivity index (χ0) is 21.0. The number of carbonyl (C=O) groups excluding carboxylic acids is 1. The number of sulfonamides is 1. The fourth-order valence-electron chi connectivity index (χ4n) is 2.80. The summed E-state index contributed by atoms with van der Waals surface area (Å²) in [7, 11) is -2.24. The third-order valence-corrected chi connectivity index (χ3v) is 5.76. The monoisotopic (exact) mass is 410 g/mol. The van der Waals surface area contributed by atoms with E-state index in [9.17, 15) is 13.2 Å². The molecule has 0 aliphatic heterocycles. The Morgan fingerprint density at radius 1 is 0.931 bits per heavy atom. The second kappa shape index (κ2) is 8.36. The Bertz CT molecular complexity index is 1140. The summed E-state index contributed by atoms with van der Waals surface area (Å²) in [6, 6.07) is 18.4. The normalized spacial score (nSPS) is 11.0. The van der Waals surface area contributed by atoms with Crippen LogP contribution in [0.4, 0.5) is 11.4 Å². The summed E-state index contributed by atoms with van der Waals surface area (Å²) in [6.45, 7) is 3.69. The molecule has 7 heteroatoms. The maximum Gasteiger partial charge on any atom is 0.261 e. The molecule has 0 aliphatic rings. The molecule has 0 unspecified atom stereocenters. The van der Waals surface area contributed by atoms with Gasteiger partial charge in [-0.2, -0.15) is 0 Å². The number of hydrogen-bond acceptors (Lipinski definition) is 4. The molecular formula is C22H22N2O4S. The first-order valence-electron chi connectivity index (χ1n) is 8.94. The zero-order valence-corrected chi connectivity index (χ0v) is 17.2. The topological polar surface area (TPSA) is 84.5 Å². The van der Waals surface area contributed by atoms with E-state index in [1.807, 2.05) is 31.2 Å². The molecule has 150 valence electrons. The van der Waals surface area contributed by atoms with Gasteiger partial charge in [0.1, 0.15) is 5.75 Å². The lowest BCUT2D eigenvalue weighted by atomic mass is 10.1. The van der Waals surface area contributed by atoms with Crippen LogP contribution in [0.15, 0.2) is 71.6 Å². The molecule has 3 rings (SSSR count). The zero-order valence-electron chi connectivity index (χ0n) is 16.4. The average Bonchev–Trinajstić information content (AvgIpc) is 2.69. The van der Waals surface area contributed by atoms with Crippen molar-refractivity contribution in [2.75, 3.05) is 17.1 Å². The van der Waals surface area contributed by atoms with Crippen molar-refractivity contribution < 1.29 is 17.9 Å². The van der Waals surface area contributed by atoms with Crippen LogP contribution < -0.4 is 14.8 Å². The van der Waals surface area contributed by atoms with Gasteiger partial charge >= 0.3 is 0 Å². The van der Waals surface area contributed by atoms with Crippen molar-refractivity contribution in [3.8, 4) is 5.75 Å². The quantitative estimate of drug-likeness (QED) is 0.632. The maximum absolute atomic E-state index is 12.6. The van der Waals surface area contributed by atoms with Gasteiger partial charge in [0.05, 0.1) is 17.7 Å². The highest BCUT2D eigenvalue weighted by Gasteiger charge is 2.16. The van der Waals surface area contributed by atoms with Gasteiger partial charge in [-0.15, -0.1) is 0 Å². The lowest BCUT2D eigenvalue weighted by Gasteiger charge is -2.13. The molecule has 0 saturated heterocycles. The van der Waals surface area contributed by atoms with Crippen LogP contribution in [0.1, 0.15) is 21.5 Å². The molecule has 6 nitrogen and oxygen atoms in total. The number of anilines is 2. The first kappa shape index (κ1) is 20.4. The summed E-state index contributed by atoms with van der Waals surface area (Å²) in [5.41, 5.74) is 3.24. The van der Waals surface area contributed by atoms with Crippen molar-refractivity contribution in [1.29, 1.82) is 0 Å². The molecule has 29 heavy (non-hydrogen) atoms. The van der Waals surface area contributed by atoms with Crippen LogP contribution in [-0.2, 0) is 10.0 Å². The molecule has 0 aliphatic carbocycles. The fourth-order valence-corrected chi connectivity index (χ4v) is 3.93. The maximum atomic E-state index is 12.6. The Balaban J connectivity index is 1.77. The first-order chi connectivity index (χ1) is 13.8. The van der Waals surface area contributed by atoms with Crippen molar-refractivity contribution >= 4 is 27.3 Å². The number of rotatable bonds is 6. The molecule has 0 atom stereocenters. The molecule has 0 spiro atoms. The van der Waals surface area contributed by atoms with Crippen molar-refractivity contribution in [2.24, 2.45) is 0 Å². The SMILES string of the molecule is COc1ccc(S(=O)(=O)Nc2ccc(C(=O)Nc3cccc(C)c3)cc2C)cc1. The summed E-state index contributed by atoms with van der Waals surface area (Å²) in [4.78, 5) is 12.6. The van der Waals surface area contributed by atoms with Gasteiger partial charge in [0.25, 0.3) is 15.9 Å². The second-order valence-electron chi connectivity index (χ2n) is 6.63. The smallest absolute Gasteiger partial charge is 0.261 e. The first-order valence-corrected chi connectivity index (χ1v) is 10.4. The number of aryl methyl sites for hydroxylation is 2. The minimum Gasteiger partial charge on any atom is -0.497 e. The number of methoxy groups -OCH3 is 1. The van der Waals surface area contributed by atoms with Crippen molar-refractivity contribution in [3.63, 3.8) is 0 Å². The molecule has 0 bridgehead atoms. The van der Waals surface area contributed by atoms with E-state index in [4.69, 9.17) is 4.74 Å². The van der Waals surface area contributed by atoms with Crippen LogP contribution >= 0.6 is 0 Å². The summed E-state index contributed by atoms with van der Waals surface area (Å²) >= 11 is 0. The lowest BCUT2D eigenvalue weighted by molar-refractivity contribution is 0.102. The highest BCUT2D eigenvalue weighted by molar-refractivity contribution is 7.92. The minimum absolute atomic E-state index is 0.124. The van der Waals surface area contributed by atoms with Crippen molar-refractivity contribution in [3.05, 3.63) is 83.4 Å². The summed E-state index contributed by atoms with van der Waals surface area (Å²) in [5.74, 6) is 0.312. The molecule has 3 aromatic carbocycles. The summed E-state index contributed by atoms with van der Waals surface area (Å²) in [5, 5.41) is 2.84. The highest BCUT2D eigenvalue weighted by atomic mass is 32.2. The molecular weight excluding hydrogens is 388 g/mol. The third-order valence-electron chi connectivity index (χ3n) is 4.38. The van der Waals surface area contributed by atoms with Gasteiger partial charge in [-0.3, -0.25) is 9.52 Å². The summed E-state index contributed by atoms with van der Waals surface area (Å²) in [6.07, 6.45) is 0. The minimum atomic E-state index is -3.75. The number of amides is 1. The van der Waals surface area contributed by atoms with Crippen LogP contribution in [0.3, 0.4) is 0 Å². The third kappa shape index (κ3) is 4.94. The number of benzene rings is 3. The average molecular weight is 410 g/mol. The second-order valence-corrected chi connectivity index (χ2v) is 8.32. The van der Waals surface area contributed by atoms with Gasteiger partial charge in [-0.05, 0) is 79.6 Å². The van der Waals surface area contributed by atoms with Crippen LogP contribution in [0.2, 0.25) is 0 Å². The van der Waals surface area contributed by atoms with Crippen molar-refractivity contribution in [1.82, 2.24) is 0 Å². The predicted octanol–water partition coefficient (Wildman–Crippen LogP) is 4.37. The number of carbonyl (C=O) groups is 1. The molecule has 0 fully saturated rings. The standard InChI is InChI=1S/C22H22N2O4S/c1-15-5-4-6-18(13-15)23-22(25)17-7-12-21(16(2)14-17)24-29(26,27)20-10-8-19(28-3)9-11-20/h4-14,24H,1-3H3,(H,23,25). The highest BCUT2D eigenvalue weighted by Crippen LogP contribution is 2.23. The van der Waals surface area contributed by atoms with E-state index < -0.39 is 10.0 Å². The molecule has 3 aromatic rings. The molecule has 1 amide bonds. The predicted molar refractivity (Wildman–Crippen MR) is 114 cm³/mol. The number of nitrogens with one attached hydrogen (secondary N) is 2. The van der Waals surface area contributed by atoms with Crippen LogP contribution in [0.5, 0.6) is 5.75 Å². The van der Waals surface area contributed by atoms with Crippen LogP contribution in [-0.4, -0.2) is 21.4 Å². The molecule has 0 heterocycles. The lowest BCUT2D eigenvalue weighted by Crippen LogP contribution is -2.15. The molecule has 2 N–H and O–H groups in total. The van der Waals surface area contributed by atoms with E-state index in [-0.39, 0.29) is 10.8 Å². The van der Waals surface area contributed by atoms with Gasteiger partial charge in [0, 0.05) is 11.3 Å². The Morgan fingerprint density at radius 3 is 2.28 bits per heavy atom. The molecule has 0 radical (unpaired) electrons. The van der Waals surface area contributed by atoms with E-state index >= 15 is 0 Å². The van der Waals surface area contributed by atoms with Gasteiger partial charge < -0.3 is 10.1 Å². The number of hydrogen-bond donors (Lipinski definition) is 2. The Hall–Kier alpha value is -3.32. The summed E-state index contributed by atoms with van der Waals surface area (Å²) < 4.78 is 32.8. The van der Waals surface area contributed by atoms with Gasteiger partial charge in [0.2, 0.25) is 0 Å². The Kier molecular flexibility index (Phi) is 5.89. The Labute approximate surface area is 170 Å². The van der Waals surface area contributed by atoms with E-state index in [0.29, 0.717) is 28.3 Å². The van der Waals surface area contributed by atoms with Crippen LogP contribution in [0, 0.1) is 13.8 Å². The molecule has 0 aromatic heterocycles. The van der Waals surface area contributed by atoms with E-state index in [1.54, 1.807) is 37.3 Å². The van der Waals surface area contributed by atoms with E-state index in [2.05, 4.69) is 10.0 Å². The Morgan fingerprint density at radius 2 is 1.66 bits per heavy atom. The fraction of sp³-hybridized carbons (Fsp3) is 0.136. The number of ether oxygens (including phenoxy) is 1. The van der Waals surface area contributed by atoms with E-state index in [1.165, 1.54) is 19.2 Å². The van der Waals surface area contributed by atoms with Gasteiger partial charge in [-0.25, -0.2) is 8.42 Å². The molecule has 0 saturated carbocycles. The van der Waals surface area contributed by atoms with Crippen molar-refractivity contribution in [2.45, 2.75) is 18.7 Å². The van der Waals surface area contributed by atoms with Gasteiger partial charge in [0.15, 0.2) is 0 Å².